The van der Waals surface area contributed by atoms with Gasteiger partial charge in [-0.2, -0.15) is 0 Å². The van der Waals surface area contributed by atoms with Gasteiger partial charge in [-0.1, -0.05) is 19.1 Å². The van der Waals surface area contributed by atoms with E-state index in [-0.39, 0.29) is 29.1 Å². The average Bonchev–Trinajstić information content (AvgIpc) is 3.19. The Bertz CT molecular complexity index is 1230. The minimum absolute atomic E-state index is 0.0598. The van der Waals surface area contributed by atoms with Crippen molar-refractivity contribution in [2.45, 2.75) is 51.6 Å². The van der Waals surface area contributed by atoms with Crippen molar-refractivity contribution in [2.24, 2.45) is 5.41 Å². The highest BCUT2D eigenvalue weighted by Gasteiger charge is 2.41. The SMILES string of the molecule is CC(c1ccnc(N)c1)N1CCC(C)(C(=O)N2CCC(n3c(=O)[nH]c4ccccc43)CC2)CC1. The van der Waals surface area contributed by atoms with Gasteiger partial charge < -0.3 is 15.6 Å². The molecule has 0 radical (unpaired) electrons. The number of fused-ring (bicyclic) bond motifs is 1. The highest BCUT2D eigenvalue weighted by atomic mass is 16.2. The normalized spacial score (nSPS) is 20.5. The lowest BCUT2D eigenvalue weighted by Crippen LogP contribution is -2.51. The van der Waals surface area contributed by atoms with Crippen LogP contribution in [-0.2, 0) is 4.79 Å². The second-order valence-electron chi connectivity index (χ2n) is 10.1. The predicted molar refractivity (Wildman–Crippen MR) is 133 cm³/mol. The molecular formula is C26H34N6O2. The molecule has 4 heterocycles. The van der Waals surface area contributed by atoms with Gasteiger partial charge in [0.2, 0.25) is 5.91 Å². The van der Waals surface area contributed by atoms with Crippen LogP contribution in [0.4, 0.5) is 5.82 Å². The van der Waals surface area contributed by atoms with Crippen molar-refractivity contribution in [1.82, 2.24) is 24.3 Å². The lowest BCUT2D eigenvalue weighted by atomic mass is 9.78. The number of nitrogens with one attached hydrogen (secondary N) is 1. The van der Waals surface area contributed by atoms with E-state index in [2.05, 4.69) is 28.7 Å². The first-order valence-corrected chi connectivity index (χ1v) is 12.3. The maximum Gasteiger partial charge on any atom is 0.326 e. The number of rotatable bonds is 4. The fourth-order valence-electron chi connectivity index (χ4n) is 5.70. The Morgan fingerprint density at radius 2 is 1.85 bits per heavy atom. The summed E-state index contributed by atoms with van der Waals surface area (Å²) >= 11 is 0. The van der Waals surface area contributed by atoms with Crippen LogP contribution >= 0.6 is 0 Å². The van der Waals surface area contributed by atoms with Gasteiger partial charge in [-0.05, 0) is 75.5 Å². The van der Waals surface area contributed by atoms with Gasteiger partial charge >= 0.3 is 5.69 Å². The number of nitrogens with zero attached hydrogens (tertiary/aromatic N) is 4. The van der Waals surface area contributed by atoms with Gasteiger partial charge in [0, 0.05) is 36.8 Å². The number of nitrogens with two attached hydrogens (primary N) is 1. The third-order valence-corrected chi connectivity index (χ3v) is 7.99. The van der Waals surface area contributed by atoms with Crippen LogP contribution in [-0.4, -0.2) is 56.4 Å². The number of amides is 1. The number of nitrogen functional groups attached to an aromatic ring is 1. The van der Waals surface area contributed by atoms with Gasteiger partial charge in [-0.15, -0.1) is 0 Å². The van der Waals surface area contributed by atoms with Gasteiger partial charge in [0.1, 0.15) is 5.82 Å². The minimum atomic E-state index is -0.335. The summed E-state index contributed by atoms with van der Waals surface area (Å²) in [5.74, 6) is 0.803. The molecule has 0 spiro atoms. The molecule has 2 fully saturated rings. The highest BCUT2D eigenvalue weighted by molar-refractivity contribution is 5.82. The number of carbonyl (C=O) groups is 1. The topological polar surface area (TPSA) is 100 Å². The maximum atomic E-state index is 13.5. The molecule has 2 aliphatic heterocycles. The third-order valence-electron chi connectivity index (χ3n) is 7.99. The Kier molecular flexibility index (Phi) is 5.93. The Morgan fingerprint density at radius 1 is 1.15 bits per heavy atom. The Labute approximate surface area is 199 Å². The Hall–Kier alpha value is -3.13. The number of carbonyl (C=O) groups excluding carboxylic acids is 1. The van der Waals surface area contributed by atoms with E-state index in [0.29, 0.717) is 18.9 Å². The molecule has 2 aliphatic rings. The van der Waals surface area contributed by atoms with Crippen molar-refractivity contribution in [3.05, 3.63) is 58.6 Å². The largest absolute Gasteiger partial charge is 0.384 e. The maximum absolute atomic E-state index is 13.5. The van der Waals surface area contributed by atoms with E-state index in [1.54, 1.807) is 6.20 Å². The fraction of sp³-hybridized carbons (Fsp3) is 0.500. The monoisotopic (exact) mass is 462 g/mol. The van der Waals surface area contributed by atoms with E-state index < -0.39 is 0 Å². The van der Waals surface area contributed by atoms with Crippen molar-refractivity contribution in [3.8, 4) is 0 Å². The molecule has 2 saturated heterocycles. The van der Waals surface area contributed by atoms with Crippen molar-refractivity contribution < 1.29 is 4.79 Å². The van der Waals surface area contributed by atoms with E-state index in [9.17, 15) is 9.59 Å². The van der Waals surface area contributed by atoms with Crippen molar-refractivity contribution in [1.29, 1.82) is 0 Å². The first kappa shape index (κ1) is 22.7. The lowest BCUT2D eigenvalue weighted by Gasteiger charge is -2.44. The number of imidazole rings is 1. The summed E-state index contributed by atoms with van der Waals surface area (Å²) in [5, 5.41) is 0. The molecule has 1 atom stereocenters. The highest BCUT2D eigenvalue weighted by Crippen LogP contribution is 2.37. The number of piperidine rings is 2. The number of aromatic amines is 1. The van der Waals surface area contributed by atoms with E-state index in [1.165, 1.54) is 0 Å². The Morgan fingerprint density at radius 3 is 2.56 bits per heavy atom. The van der Waals surface area contributed by atoms with Crippen LogP contribution in [0.1, 0.15) is 57.2 Å². The van der Waals surface area contributed by atoms with Crippen LogP contribution in [0, 0.1) is 5.41 Å². The van der Waals surface area contributed by atoms with E-state index in [1.807, 2.05) is 45.9 Å². The first-order valence-electron chi connectivity index (χ1n) is 12.3. The van der Waals surface area contributed by atoms with Crippen LogP contribution in [0.5, 0.6) is 0 Å². The van der Waals surface area contributed by atoms with Gasteiger partial charge in [0.05, 0.1) is 11.0 Å². The molecule has 8 heteroatoms. The van der Waals surface area contributed by atoms with Crippen molar-refractivity contribution in [2.75, 3.05) is 31.9 Å². The average molecular weight is 463 g/mol. The summed E-state index contributed by atoms with van der Waals surface area (Å²) in [6.07, 6.45) is 5.05. The van der Waals surface area contributed by atoms with Gasteiger partial charge in [0.15, 0.2) is 0 Å². The molecule has 5 rings (SSSR count). The molecule has 8 nitrogen and oxygen atoms in total. The van der Waals surface area contributed by atoms with Crippen molar-refractivity contribution in [3.63, 3.8) is 0 Å². The van der Waals surface area contributed by atoms with E-state index >= 15 is 0 Å². The van der Waals surface area contributed by atoms with Crippen LogP contribution in [0.3, 0.4) is 0 Å². The van der Waals surface area contributed by atoms with Crippen molar-refractivity contribution >= 4 is 22.8 Å². The quantitative estimate of drug-likeness (QED) is 0.619. The summed E-state index contributed by atoms with van der Waals surface area (Å²) in [6, 6.07) is 12.1. The summed E-state index contributed by atoms with van der Waals surface area (Å²) in [5.41, 5.74) is 8.45. The molecule has 0 aliphatic carbocycles. The number of hydrogen-bond acceptors (Lipinski definition) is 5. The van der Waals surface area contributed by atoms with E-state index in [4.69, 9.17) is 5.73 Å². The van der Waals surface area contributed by atoms with Crippen LogP contribution in [0.25, 0.3) is 11.0 Å². The number of aromatic nitrogens is 3. The van der Waals surface area contributed by atoms with Crippen LogP contribution in [0.2, 0.25) is 0 Å². The van der Waals surface area contributed by atoms with Gasteiger partial charge in [0.25, 0.3) is 0 Å². The molecule has 1 unspecified atom stereocenters. The summed E-state index contributed by atoms with van der Waals surface area (Å²) in [7, 11) is 0. The fourth-order valence-corrected chi connectivity index (χ4v) is 5.70. The smallest absolute Gasteiger partial charge is 0.326 e. The number of benzene rings is 1. The van der Waals surface area contributed by atoms with Gasteiger partial charge in [-0.3, -0.25) is 14.3 Å². The number of anilines is 1. The minimum Gasteiger partial charge on any atom is -0.384 e. The molecule has 2 aromatic heterocycles. The molecule has 34 heavy (non-hydrogen) atoms. The standard InChI is InChI=1S/C26H34N6O2/c1-18(19-7-12-28-23(27)17-19)30-15-10-26(2,11-16-30)24(33)31-13-8-20(9-14-31)32-22-6-4-3-5-21(22)29-25(32)34/h3-7,12,17-18,20H,8-11,13-16H2,1-2H3,(H2,27,28)(H,29,34). The zero-order valence-corrected chi connectivity index (χ0v) is 20.0. The first-order chi connectivity index (χ1) is 16.4. The third kappa shape index (κ3) is 4.11. The number of pyridine rings is 1. The summed E-state index contributed by atoms with van der Waals surface area (Å²) < 4.78 is 1.88. The number of likely N-dealkylation sites (tertiary alicyclic amines) is 2. The number of hydrogen-bond donors (Lipinski definition) is 2. The number of H-pyrrole nitrogens is 1. The summed E-state index contributed by atoms with van der Waals surface area (Å²) in [4.78, 5) is 37.6. The number of para-hydroxylation sites is 2. The molecule has 3 N–H and O–H groups in total. The second-order valence-corrected chi connectivity index (χ2v) is 10.1. The summed E-state index contributed by atoms with van der Waals surface area (Å²) in [6.45, 7) is 7.47. The van der Waals surface area contributed by atoms with Crippen LogP contribution < -0.4 is 11.4 Å². The molecule has 1 amide bonds. The lowest BCUT2D eigenvalue weighted by molar-refractivity contribution is -0.145. The molecule has 180 valence electrons. The van der Waals surface area contributed by atoms with E-state index in [0.717, 1.165) is 55.4 Å². The molecular weight excluding hydrogens is 428 g/mol. The molecule has 0 saturated carbocycles. The molecule has 0 bridgehead atoms. The molecule has 1 aromatic carbocycles. The zero-order chi connectivity index (χ0) is 23.9. The molecule has 3 aromatic rings. The van der Waals surface area contributed by atoms with Gasteiger partial charge in [-0.25, -0.2) is 9.78 Å². The second kappa shape index (κ2) is 8.91. The van der Waals surface area contributed by atoms with Crippen LogP contribution in [0.15, 0.2) is 47.4 Å². The zero-order valence-electron chi connectivity index (χ0n) is 20.0. The Balaban J connectivity index is 1.20. The predicted octanol–water partition coefficient (Wildman–Crippen LogP) is 3.33.